The molecule has 0 saturated carbocycles. The number of anilines is 1. The molecule has 6 nitrogen and oxygen atoms in total. The van der Waals surface area contributed by atoms with Crippen LogP contribution in [0.25, 0.3) is 11.3 Å². The Morgan fingerprint density at radius 2 is 2.07 bits per heavy atom. The number of rotatable bonds is 4. The van der Waals surface area contributed by atoms with E-state index < -0.39 is 17.3 Å². The van der Waals surface area contributed by atoms with E-state index in [2.05, 4.69) is 15.5 Å². The Hall–Kier alpha value is -3.13. The first-order valence-corrected chi connectivity index (χ1v) is 10.5. The van der Waals surface area contributed by atoms with Crippen molar-refractivity contribution in [3.8, 4) is 11.3 Å². The third-order valence-electron chi connectivity index (χ3n) is 5.16. The molecule has 3 aromatic rings. The summed E-state index contributed by atoms with van der Waals surface area (Å²) in [6, 6.07) is 13.7. The van der Waals surface area contributed by atoms with Crippen LogP contribution in [-0.4, -0.2) is 22.0 Å². The van der Waals surface area contributed by atoms with E-state index in [-0.39, 0.29) is 16.8 Å². The van der Waals surface area contributed by atoms with Gasteiger partial charge >= 0.3 is 0 Å². The molecule has 30 heavy (non-hydrogen) atoms. The first-order valence-electron chi connectivity index (χ1n) is 9.48. The summed E-state index contributed by atoms with van der Waals surface area (Å²) < 4.78 is 19.4. The molecule has 1 aliphatic rings. The zero-order chi connectivity index (χ0) is 21.3. The highest BCUT2D eigenvalue weighted by atomic mass is 32.2. The molecule has 1 aliphatic heterocycles. The van der Waals surface area contributed by atoms with Crippen molar-refractivity contribution in [3.05, 3.63) is 71.2 Å². The highest BCUT2D eigenvalue weighted by Crippen LogP contribution is 2.36. The van der Waals surface area contributed by atoms with Gasteiger partial charge in [-0.3, -0.25) is 9.79 Å². The number of aryl methyl sites for hydroxylation is 1. The van der Waals surface area contributed by atoms with Crippen molar-refractivity contribution >= 4 is 28.5 Å². The molecule has 8 heteroatoms. The van der Waals surface area contributed by atoms with Crippen molar-refractivity contribution in [3.63, 3.8) is 0 Å². The largest absolute Gasteiger partial charge is 0.379 e. The van der Waals surface area contributed by atoms with E-state index in [1.54, 1.807) is 43.0 Å². The SMILES string of the molecule is Cc1onc(-c2ccccc2F)c1C(=O)Nc1cccc(C2(C)CCSC(N)=N2)c1. The number of carbonyl (C=O) groups is 1. The molecule has 3 N–H and O–H groups in total. The van der Waals surface area contributed by atoms with E-state index in [0.29, 0.717) is 16.6 Å². The van der Waals surface area contributed by atoms with Gasteiger partial charge in [-0.2, -0.15) is 0 Å². The third-order valence-corrected chi connectivity index (χ3v) is 5.95. The molecule has 0 radical (unpaired) electrons. The standard InChI is InChI=1S/C22H21FN4O2S/c1-13-18(19(27-29-13)16-8-3-4-9-17(16)23)20(28)25-15-7-5-6-14(12-15)22(2)10-11-30-21(24)26-22/h3-9,12H,10-11H2,1-2H3,(H2,24,26)(H,25,28). The van der Waals surface area contributed by atoms with E-state index in [0.717, 1.165) is 17.7 Å². The second-order valence-corrected chi connectivity index (χ2v) is 8.41. The van der Waals surface area contributed by atoms with E-state index in [1.165, 1.54) is 6.07 Å². The predicted molar refractivity (Wildman–Crippen MR) is 117 cm³/mol. The number of amidine groups is 1. The number of nitrogens with one attached hydrogen (secondary N) is 1. The lowest BCUT2D eigenvalue weighted by Crippen LogP contribution is -2.28. The van der Waals surface area contributed by atoms with Gasteiger partial charge in [0.25, 0.3) is 5.91 Å². The van der Waals surface area contributed by atoms with Crippen molar-refractivity contribution in [1.82, 2.24) is 5.16 Å². The average molecular weight is 425 g/mol. The minimum atomic E-state index is -0.472. The van der Waals surface area contributed by atoms with Gasteiger partial charge in [-0.1, -0.05) is 41.2 Å². The number of carbonyl (C=O) groups excluding carboxylic acids is 1. The van der Waals surface area contributed by atoms with Crippen LogP contribution in [0.1, 0.15) is 35.0 Å². The van der Waals surface area contributed by atoms with Gasteiger partial charge in [-0.05, 0) is 50.1 Å². The number of aromatic nitrogens is 1. The fourth-order valence-corrected chi connectivity index (χ4v) is 4.47. The first-order chi connectivity index (χ1) is 14.4. The summed E-state index contributed by atoms with van der Waals surface area (Å²) in [6.07, 6.45) is 0.845. The first kappa shape index (κ1) is 20.2. The van der Waals surface area contributed by atoms with Crippen molar-refractivity contribution in [2.45, 2.75) is 25.8 Å². The minimum absolute atomic E-state index is 0.174. The van der Waals surface area contributed by atoms with Gasteiger partial charge in [0, 0.05) is 17.0 Å². The van der Waals surface area contributed by atoms with Gasteiger partial charge < -0.3 is 15.6 Å². The van der Waals surface area contributed by atoms with Crippen LogP contribution in [-0.2, 0) is 5.54 Å². The summed E-state index contributed by atoms with van der Waals surface area (Å²) >= 11 is 1.54. The van der Waals surface area contributed by atoms with E-state index in [9.17, 15) is 9.18 Å². The molecule has 0 saturated heterocycles. The molecule has 0 fully saturated rings. The van der Waals surface area contributed by atoms with E-state index >= 15 is 0 Å². The zero-order valence-corrected chi connectivity index (χ0v) is 17.4. The Morgan fingerprint density at radius 1 is 1.27 bits per heavy atom. The summed E-state index contributed by atoms with van der Waals surface area (Å²) in [5.74, 6) is 0.307. The van der Waals surface area contributed by atoms with Crippen molar-refractivity contribution in [1.29, 1.82) is 0 Å². The van der Waals surface area contributed by atoms with Crippen LogP contribution in [0.2, 0.25) is 0 Å². The predicted octanol–water partition coefficient (Wildman–Crippen LogP) is 4.71. The molecule has 0 spiro atoms. The number of thioether (sulfide) groups is 1. The fraction of sp³-hybridized carbons (Fsp3) is 0.227. The molecule has 2 heterocycles. The summed E-state index contributed by atoms with van der Waals surface area (Å²) in [6.45, 7) is 3.65. The maximum atomic E-state index is 14.2. The molecule has 0 aliphatic carbocycles. The van der Waals surface area contributed by atoms with Crippen LogP contribution >= 0.6 is 11.8 Å². The molecule has 1 amide bonds. The topological polar surface area (TPSA) is 93.5 Å². The van der Waals surface area contributed by atoms with Crippen LogP contribution in [0.4, 0.5) is 10.1 Å². The van der Waals surface area contributed by atoms with Gasteiger partial charge in [0.1, 0.15) is 22.8 Å². The second-order valence-electron chi connectivity index (χ2n) is 7.30. The molecule has 1 aromatic heterocycles. The quantitative estimate of drug-likeness (QED) is 0.633. The van der Waals surface area contributed by atoms with E-state index in [4.69, 9.17) is 10.3 Å². The zero-order valence-electron chi connectivity index (χ0n) is 16.6. The van der Waals surface area contributed by atoms with Gasteiger partial charge in [-0.25, -0.2) is 4.39 Å². The Bertz CT molecular complexity index is 1140. The van der Waals surface area contributed by atoms with Crippen LogP contribution in [0.3, 0.4) is 0 Å². The fourth-order valence-electron chi connectivity index (χ4n) is 3.50. The van der Waals surface area contributed by atoms with Gasteiger partial charge in [0.2, 0.25) is 0 Å². The molecule has 2 aromatic carbocycles. The molecule has 1 atom stereocenters. The van der Waals surface area contributed by atoms with Gasteiger partial charge in [0.05, 0.1) is 5.54 Å². The van der Waals surface area contributed by atoms with Crippen LogP contribution in [0.15, 0.2) is 58.0 Å². The second kappa shape index (κ2) is 7.95. The molecule has 154 valence electrons. The summed E-state index contributed by atoms with van der Waals surface area (Å²) in [7, 11) is 0. The minimum Gasteiger partial charge on any atom is -0.379 e. The van der Waals surface area contributed by atoms with Crippen LogP contribution in [0.5, 0.6) is 0 Å². The van der Waals surface area contributed by atoms with Crippen molar-refractivity contribution < 1.29 is 13.7 Å². The Labute approximate surface area is 177 Å². The number of amides is 1. The highest BCUT2D eigenvalue weighted by Gasteiger charge is 2.30. The lowest BCUT2D eigenvalue weighted by molar-refractivity contribution is 0.102. The number of aliphatic imine (C=N–C) groups is 1. The highest BCUT2D eigenvalue weighted by molar-refractivity contribution is 8.13. The number of benzene rings is 2. The lowest BCUT2D eigenvalue weighted by atomic mass is 9.89. The van der Waals surface area contributed by atoms with Crippen molar-refractivity contribution in [2.75, 3.05) is 11.1 Å². The van der Waals surface area contributed by atoms with Crippen LogP contribution in [0, 0.1) is 12.7 Å². The molecular weight excluding hydrogens is 403 g/mol. The normalized spacial score (nSPS) is 18.7. The van der Waals surface area contributed by atoms with Crippen molar-refractivity contribution in [2.24, 2.45) is 10.7 Å². The number of hydrogen-bond acceptors (Lipinski definition) is 6. The third kappa shape index (κ3) is 3.82. The van der Waals surface area contributed by atoms with E-state index in [1.807, 2.05) is 25.1 Å². The number of nitrogens with two attached hydrogens (primary N) is 1. The molecule has 0 bridgehead atoms. The molecule has 1 unspecified atom stereocenters. The average Bonchev–Trinajstić information content (AvgIpc) is 3.10. The van der Waals surface area contributed by atoms with Crippen LogP contribution < -0.4 is 11.1 Å². The summed E-state index contributed by atoms with van der Waals surface area (Å²) in [4.78, 5) is 17.6. The molecular formula is C22H21FN4O2S. The monoisotopic (exact) mass is 424 g/mol. The number of halogens is 1. The van der Waals surface area contributed by atoms with Gasteiger partial charge in [0.15, 0.2) is 5.17 Å². The number of hydrogen-bond donors (Lipinski definition) is 2. The summed E-state index contributed by atoms with van der Waals surface area (Å²) in [5, 5.41) is 7.35. The Balaban J connectivity index is 1.64. The maximum absolute atomic E-state index is 14.2. The Morgan fingerprint density at radius 3 is 2.83 bits per heavy atom. The number of nitrogens with zero attached hydrogens (tertiary/aromatic N) is 2. The lowest BCUT2D eigenvalue weighted by Gasteiger charge is -2.30. The molecule has 4 rings (SSSR count). The Kier molecular flexibility index (Phi) is 5.34. The van der Waals surface area contributed by atoms with Gasteiger partial charge in [-0.15, -0.1) is 0 Å². The summed E-state index contributed by atoms with van der Waals surface area (Å²) in [5.41, 5.74) is 7.63. The maximum Gasteiger partial charge on any atom is 0.261 e. The smallest absolute Gasteiger partial charge is 0.261 e.